The lowest BCUT2D eigenvalue weighted by molar-refractivity contribution is -0.144. The number of aromatic nitrogens is 1. The van der Waals surface area contributed by atoms with Gasteiger partial charge < -0.3 is 15.4 Å². The number of piperazine rings is 1. The van der Waals surface area contributed by atoms with Gasteiger partial charge in [-0.2, -0.15) is 0 Å². The minimum atomic E-state index is -0.389. The van der Waals surface area contributed by atoms with Crippen molar-refractivity contribution in [3.8, 4) is 10.6 Å². The third-order valence-electron chi connectivity index (χ3n) is 5.57. The number of urea groups is 1. The summed E-state index contributed by atoms with van der Waals surface area (Å²) in [7, 11) is 0. The SMILES string of the molecule is CCOC(=O)CN1CCN(Cc2csc(-c3ccc(NC(=O)Nc4cc(Cl)cc(Cl)c4)cc3)n2)CC1. The summed E-state index contributed by atoms with van der Waals surface area (Å²) in [6.07, 6.45) is 0. The third-order valence-corrected chi connectivity index (χ3v) is 6.95. The molecule has 1 aromatic heterocycles. The number of hydrogen-bond acceptors (Lipinski definition) is 7. The van der Waals surface area contributed by atoms with Crippen molar-refractivity contribution in [2.75, 3.05) is 50.0 Å². The van der Waals surface area contributed by atoms with E-state index in [1.54, 1.807) is 29.5 Å². The fourth-order valence-electron chi connectivity index (χ4n) is 3.85. The summed E-state index contributed by atoms with van der Waals surface area (Å²) in [6.45, 7) is 6.81. The molecule has 8 nitrogen and oxygen atoms in total. The topological polar surface area (TPSA) is 86.8 Å². The molecule has 0 radical (unpaired) electrons. The molecule has 1 aliphatic rings. The molecule has 0 unspecified atom stereocenters. The molecule has 2 N–H and O–H groups in total. The molecule has 2 amide bonds. The predicted molar refractivity (Wildman–Crippen MR) is 145 cm³/mol. The molecule has 0 saturated carbocycles. The van der Waals surface area contributed by atoms with Crippen molar-refractivity contribution < 1.29 is 14.3 Å². The molecule has 190 valence electrons. The van der Waals surface area contributed by atoms with E-state index in [0.29, 0.717) is 34.6 Å². The van der Waals surface area contributed by atoms with E-state index in [9.17, 15) is 9.59 Å². The molecular formula is C25H27Cl2N5O3S. The number of carbonyl (C=O) groups excluding carboxylic acids is 2. The van der Waals surface area contributed by atoms with E-state index in [4.69, 9.17) is 32.9 Å². The molecule has 36 heavy (non-hydrogen) atoms. The quantitative estimate of drug-likeness (QED) is 0.365. The maximum atomic E-state index is 12.3. The van der Waals surface area contributed by atoms with Crippen molar-refractivity contribution in [3.05, 3.63) is 63.6 Å². The standard InChI is InChI=1S/C25H27Cl2N5O3S/c1-2-35-23(33)15-32-9-7-31(8-10-32)14-22-16-36-24(28-22)17-3-5-20(6-4-17)29-25(34)30-21-12-18(26)11-19(27)13-21/h3-6,11-13,16H,2,7-10,14-15H2,1H3,(H2,29,30,34). The van der Waals surface area contributed by atoms with Gasteiger partial charge in [0.05, 0.1) is 18.8 Å². The van der Waals surface area contributed by atoms with Crippen LogP contribution in [0.25, 0.3) is 10.6 Å². The van der Waals surface area contributed by atoms with Gasteiger partial charge in [0.15, 0.2) is 0 Å². The number of benzene rings is 2. The molecule has 2 heterocycles. The van der Waals surface area contributed by atoms with Gasteiger partial charge in [-0.1, -0.05) is 23.2 Å². The first-order chi connectivity index (χ1) is 17.4. The van der Waals surface area contributed by atoms with E-state index in [2.05, 4.69) is 25.8 Å². The van der Waals surface area contributed by atoms with E-state index in [0.717, 1.165) is 49.0 Å². The molecule has 0 aliphatic carbocycles. The predicted octanol–water partition coefficient (Wildman–Crippen LogP) is 5.44. The largest absolute Gasteiger partial charge is 0.465 e. The highest BCUT2D eigenvalue weighted by Crippen LogP contribution is 2.26. The Morgan fingerprint density at radius 1 is 0.972 bits per heavy atom. The Hall–Kier alpha value is -2.69. The van der Waals surface area contributed by atoms with Crippen LogP contribution in [0.15, 0.2) is 47.8 Å². The van der Waals surface area contributed by atoms with Gasteiger partial charge in [0.1, 0.15) is 5.01 Å². The fourth-order valence-corrected chi connectivity index (χ4v) is 5.19. The number of hydrogen-bond donors (Lipinski definition) is 2. The van der Waals surface area contributed by atoms with Crippen molar-refractivity contribution >= 4 is 57.9 Å². The lowest BCUT2D eigenvalue weighted by atomic mass is 10.2. The molecule has 11 heteroatoms. The smallest absolute Gasteiger partial charge is 0.323 e. The van der Waals surface area contributed by atoms with E-state index >= 15 is 0 Å². The molecule has 4 rings (SSSR count). The second-order valence-electron chi connectivity index (χ2n) is 8.32. The van der Waals surface area contributed by atoms with E-state index in [-0.39, 0.29) is 12.0 Å². The fraction of sp³-hybridized carbons (Fsp3) is 0.320. The molecule has 1 fully saturated rings. The summed E-state index contributed by atoms with van der Waals surface area (Å²) < 4.78 is 5.03. The Morgan fingerprint density at radius 2 is 1.61 bits per heavy atom. The Kier molecular flexibility index (Phi) is 9.17. The van der Waals surface area contributed by atoms with Gasteiger partial charge in [0, 0.05) is 65.1 Å². The average molecular weight is 548 g/mol. The summed E-state index contributed by atoms with van der Waals surface area (Å²) in [4.78, 5) is 33.2. The summed E-state index contributed by atoms with van der Waals surface area (Å²) in [5.41, 5.74) is 3.17. The minimum Gasteiger partial charge on any atom is -0.465 e. The number of nitrogens with one attached hydrogen (secondary N) is 2. The first kappa shape index (κ1) is 26.4. The highest BCUT2D eigenvalue weighted by Gasteiger charge is 2.20. The van der Waals surface area contributed by atoms with E-state index < -0.39 is 0 Å². The maximum absolute atomic E-state index is 12.3. The first-order valence-corrected chi connectivity index (χ1v) is 13.2. The van der Waals surface area contributed by atoms with Crippen molar-refractivity contribution in [1.29, 1.82) is 0 Å². The second kappa shape index (κ2) is 12.5. The number of carbonyl (C=O) groups is 2. The van der Waals surface area contributed by atoms with Gasteiger partial charge in [0.25, 0.3) is 0 Å². The van der Waals surface area contributed by atoms with Crippen LogP contribution in [-0.2, 0) is 16.1 Å². The molecule has 1 aliphatic heterocycles. The summed E-state index contributed by atoms with van der Waals surface area (Å²) in [5.74, 6) is -0.164. The van der Waals surface area contributed by atoms with Crippen molar-refractivity contribution in [2.45, 2.75) is 13.5 Å². The first-order valence-electron chi connectivity index (χ1n) is 11.6. The van der Waals surface area contributed by atoms with Gasteiger partial charge in [-0.25, -0.2) is 9.78 Å². The zero-order chi connectivity index (χ0) is 25.5. The normalized spacial score (nSPS) is 14.4. The Labute approximate surface area is 224 Å². The van der Waals surface area contributed by atoms with Gasteiger partial charge in [-0.15, -0.1) is 11.3 Å². The highest BCUT2D eigenvalue weighted by molar-refractivity contribution is 7.13. The maximum Gasteiger partial charge on any atom is 0.323 e. The zero-order valence-corrected chi connectivity index (χ0v) is 22.1. The molecule has 0 atom stereocenters. The van der Waals surface area contributed by atoms with Crippen LogP contribution in [0.3, 0.4) is 0 Å². The van der Waals surface area contributed by atoms with Crippen molar-refractivity contribution in [2.24, 2.45) is 0 Å². The van der Waals surface area contributed by atoms with E-state index in [1.807, 2.05) is 31.2 Å². The third kappa shape index (κ3) is 7.65. The van der Waals surface area contributed by atoms with Gasteiger partial charge in [-0.3, -0.25) is 14.6 Å². The number of anilines is 2. The number of esters is 1. The molecule has 0 bridgehead atoms. The van der Waals surface area contributed by atoms with Crippen LogP contribution in [0.1, 0.15) is 12.6 Å². The minimum absolute atomic E-state index is 0.164. The van der Waals surface area contributed by atoms with Gasteiger partial charge >= 0.3 is 12.0 Å². The Morgan fingerprint density at radius 3 is 2.28 bits per heavy atom. The number of halogens is 2. The Bertz CT molecular complexity index is 1180. The molecule has 3 aromatic rings. The number of amides is 2. The van der Waals surface area contributed by atoms with Crippen LogP contribution >= 0.6 is 34.5 Å². The Balaban J connectivity index is 1.26. The number of thiazole rings is 1. The molecule has 0 spiro atoms. The molecule has 2 aromatic carbocycles. The number of ether oxygens (including phenoxy) is 1. The van der Waals surface area contributed by atoms with Crippen molar-refractivity contribution in [3.63, 3.8) is 0 Å². The highest BCUT2D eigenvalue weighted by atomic mass is 35.5. The van der Waals surface area contributed by atoms with Crippen LogP contribution in [-0.4, -0.2) is 66.1 Å². The number of nitrogens with zero attached hydrogens (tertiary/aromatic N) is 3. The zero-order valence-electron chi connectivity index (χ0n) is 19.8. The number of rotatable bonds is 8. The van der Waals surface area contributed by atoms with E-state index in [1.165, 1.54) is 0 Å². The lowest BCUT2D eigenvalue weighted by Gasteiger charge is -2.33. The lowest BCUT2D eigenvalue weighted by Crippen LogP contribution is -2.47. The van der Waals surface area contributed by atoms with Crippen LogP contribution in [0.4, 0.5) is 16.2 Å². The van der Waals surface area contributed by atoms with Crippen LogP contribution in [0.2, 0.25) is 10.0 Å². The van der Waals surface area contributed by atoms with Crippen molar-refractivity contribution in [1.82, 2.24) is 14.8 Å². The van der Waals surface area contributed by atoms with Gasteiger partial charge in [-0.05, 0) is 49.4 Å². The average Bonchev–Trinajstić information content (AvgIpc) is 3.29. The monoisotopic (exact) mass is 547 g/mol. The summed E-state index contributed by atoms with van der Waals surface area (Å²) >= 11 is 13.5. The summed E-state index contributed by atoms with van der Waals surface area (Å²) in [5, 5.41) is 9.41. The van der Waals surface area contributed by atoms with Crippen LogP contribution in [0.5, 0.6) is 0 Å². The van der Waals surface area contributed by atoms with Gasteiger partial charge in [0.2, 0.25) is 0 Å². The molecule has 1 saturated heterocycles. The summed E-state index contributed by atoms with van der Waals surface area (Å²) in [6, 6.07) is 12.0. The van der Waals surface area contributed by atoms with Crippen LogP contribution in [0, 0.1) is 0 Å². The van der Waals surface area contributed by atoms with Crippen LogP contribution < -0.4 is 10.6 Å². The second-order valence-corrected chi connectivity index (χ2v) is 10.0. The molecular weight excluding hydrogens is 521 g/mol.